The first kappa shape index (κ1) is 21.8. The highest BCUT2D eigenvalue weighted by atomic mass is 35.5. The van der Waals surface area contributed by atoms with E-state index in [-0.39, 0.29) is 19.0 Å². The van der Waals surface area contributed by atoms with E-state index in [1.165, 1.54) is 23.4 Å². The van der Waals surface area contributed by atoms with Gasteiger partial charge >= 0.3 is 6.09 Å². The molecule has 158 valence electrons. The molecular weight excluding hydrogens is 409 g/mol. The maximum atomic E-state index is 14.8. The number of nitrogens with one attached hydrogen (secondary N) is 2. The second-order valence-electron chi connectivity index (χ2n) is 6.91. The summed E-state index contributed by atoms with van der Waals surface area (Å²) in [6, 6.07) is 12.3. The fourth-order valence-corrected chi connectivity index (χ4v) is 3.24. The number of anilines is 1. The molecule has 0 aliphatic carbocycles. The van der Waals surface area contributed by atoms with Gasteiger partial charge in [0.1, 0.15) is 11.9 Å². The van der Waals surface area contributed by atoms with Gasteiger partial charge in [-0.25, -0.2) is 9.18 Å². The van der Waals surface area contributed by atoms with Crippen molar-refractivity contribution in [3.8, 4) is 11.1 Å². The van der Waals surface area contributed by atoms with Crippen LogP contribution in [0.25, 0.3) is 11.1 Å². The minimum atomic E-state index is -0.557. The van der Waals surface area contributed by atoms with Gasteiger partial charge in [0.25, 0.3) is 0 Å². The average Bonchev–Trinajstić information content (AvgIpc) is 3.11. The lowest BCUT2D eigenvalue weighted by atomic mass is 10.0. The number of hydrogen-bond donors (Lipinski definition) is 2. The summed E-state index contributed by atoms with van der Waals surface area (Å²) in [7, 11) is 0. The van der Waals surface area contributed by atoms with Crippen LogP contribution in [0, 0.1) is 5.82 Å². The number of ether oxygens (including phenoxy) is 1. The van der Waals surface area contributed by atoms with Crippen molar-refractivity contribution in [3.63, 3.8) is 0 Å². The van der Waals surface area contributed by atoms with Crippen molar-refractivity contribution in [1.82, 2.24) is 10.6 Å². The van der Waals surface area contributed by atoms with Gasteiger partial charge in [0.15, 0.2) is 0 Å². The van der Waals surface area contributed by atoms with Crippen molar-refractivity contribution in [2.75, 3.05) is 24.5 Å². The number of amides is 2. The highest BCUT2D eigenvalue weighted by Gasteiger charge is 2.32. The van der Waals surface area contributed by atoms with E-state index in [2.05, 4.69) is 10.6 Å². The Kier molecular flexibility index (Phi) is 7.43. The number of nitrogens with zero attached hydrogens (tertiary/aromatic N) is 1. The Hall–Kier alpha value is -2.90. The fourth-order valence-electron chi connectivity index (χ4n) is 3.15. The minimum absolute atomic E-state index is 0.200. The zero-order valence-corrected chi connectivity index (χ0v) is 17.3. The highest BCUT2D eigenvalue weighted by Crippen LogP contribution is 2.29. The van der Waals surface area contributed by atoms with E-state index in [1.807, 2.05) is 30.3 Å². The fraction of sp³-hybridized carbons (Fsp3) is 0.273. The van der Waals surface area contributed by atoms with Crippen LogP contribution in [-0.2, 0) is 16.1 Å². The van der Waals surface area contributed by atoms with Crippen molar-refractivity contribution < 1.29 is 18.7 Å². The Morgan fingerprint density at radius 2 is 2.07 bits per heavy atom. The maximum absolute atomic E-state index is 14.8. The van der Waals surface area contributed by atoms with Gasteiger partial charge in [0.05, 0.1) is 18.8 Å². The number of carbonyl (C=O) groups is 2. The third-order valence-electron chi connectivity index (χ3n) is 4.66. The highest BCUT2D eigenvalue weighted by molar-refractivity contribution is 6.25. The Morgan fingerprint density at radius 3 is 2.73 bits per heavy atom. The second-order valence-corrected chi connectivity index (χ2v) is 7.16. The van der Waals surface area contributed by atoms with Crippen molar-refractivity contribution in [1.29, 1.82) is 0 Å². The first-order valence-electron chi connectivity index (χ1n) is 9.55. The molecule has 1 aliphatic heterocycles. The SMILES string of the molecule is CC(=O)NCC1CN(c2ccc(-c3ccc(CNC/C=C/Cl)cc3)c(F)c2)C(=O)O1. The molecule has 1 aliphatic rings. The predicted octanol–water partition coefficient (Wildman–Crippen LogP) is 3.80. The molecule has 1 saturated heterocycles. The Morgan fingerprint density at radius 1 is 1.30 bits per heavy atom. The van der Waals surface area contributed by atoms with E-state index in [4.69, 9.17) is 16.3 Å². The van der Waals surface area contributed by atoms with Crippen LogP contribution in [0.4, 0.5) is 14.9 Å². The summed E-state index contributed by atoms with van der Waals surface area (Å²) in [6.07, 6.45) is 0.786. The number of carbonyl (C=O) groups excluding carboxylic acids is 2. The first-order valence-corrected chi connectivity index (χ1v) is 9.99. The lowest BCUT2D eigenvalue weighted by Gasteiger charge is -2.15. The molecular formula is C22H23ClFN3O3. The molecule has 2 N–H and O–H groups in total. The van der Waals surface area contributed by atoms with E-state index in [0.29, 0.717) is 24.3 Å². The quantitative estimate of drug-likeness (QED) is 0.624. The third-order valence-corrected chi connectivity index (χ3v) is 4.84. The Labute approximate surface area is 179 Å². The number of rotatable bonds is 8. The topological polar surface area (TPSA) is 70.7 Å². The lowest BCUT2D eigenvalue weighted by molar-refractivity contribution is -0.119. The molecule has 2 aromatic carbocycles. The molecule has 6 nitrogen and oxygen atoms in total. The van der Waals surface area contributed by atoms with Crippen LogP contribution in [-0.4, -0.2) is 37.7 Å². The van der Waals surface area contributed by atoms with Crippen LogP contribution in [0.15, 0.2) is 54.1 Å². The van der Waals surface area contributed by atoms with Crippen molar-refractivity contribution in [2.45, 2.75) is 19.6 Å². The Bertz CT molecular complexity index is 934. The Balaban J connectivity index is 1.66. The van der Waals surface area contributed by atoms with E-state index >= 15 is 0 Å². The maximum Gasteiger partial charge on any atom is 0.414 e. The first-order chi connectivity index (χ1) is 14.5. The van der Waals surface area contributed by atoms with Gasteiger partial charge in [-0.3, -0.25) is 9.69 Å². The van der Waals surface area contributed by atoms with Crippen molar-refractivity contribution >= 4 is 29.3 Å². The monoisotopic (exact) mass is 431 g/mol. The van der Waals surface area contributed by atoms with Gasteiger partial charge in [-0.05, 0) is 29.3 Å². The second kappa shape index (κ2) is 10.2. The molecule has 30 heavy (non-hydrogen) atoms. The molecule has 1 heterocycles. The van der Waals surface area contributed by atoms with Crippen LogP contribution in [0.3, 0.4) is 0 Å². The van der Waals surface area contributed by atoms with Crippen LogP contribution in [0.5, 0.6) is 0 Å². The van der Waals surface area contributed by atoms with Crippen LogP contribution >= 0.6 is 11.6 Å². The smallest absolute Gasteiger partial charge is 0.414 e. The largest absolute Gasteiger partial charge is 0.442 e. The van der Waals surface area contributed by atoms with Gasteiger partial charge in [0, 0.05) is 31.1 Å². The molecule has 1 unspecified atom stereocenters. The van der Waals surface area contributed by atoms with Gasteiger partial charge in [-0.2, -0.15) is 0 Å². The third kappa shape index (κ3) is 5.58. The molecule has 0 saturated carbocycles. The van der Waals surface area contributed by atoms with Gasteiger partial charge in [-0.1, -0.05) is 41.9 Å². The number of cyclic esters (lactones) is 1. The molecule has 1 fully saturated rings. The molecule has 1 atom stereocenters. The normalized spacial score (nSPS) is 16.2. The summed E-state index contributed by atoms with van der Waals surface area (Å²) in [5, 5.41) is 5.83. The summed E-state index contributed by atoms with van der Waals surface area (Å²) >= 11 is 5.48. The summed E-state index contributed by atoms with van der Waals surface area (Å²) < 4.78 is 20.0. The molecule has 3 rings (SSSR count). The molecule has 0 bridgehead atoms. The van der Waals surface area contributed by atoms with E-state index < -0.39 is 18.0 Å². The van der Waals surface area contributed by atoms with E-state index in [1.54, 1.807) is 12.1 Å². The van der Waals surface area contributed by atoms with Crippen LogP contribution in [0.2, 0.25) is 0 Å². The number of hydrogen-bond acceptors (Lipinski definition) is 4. The number of benzene rings is 2. The minimum Gasteiger partial charge on any atom is -0.442 e. The lowest BCUT2D eigenvalue weighted by Crippen LogP contribution is -2.33. The molecule has 0 spiro atoms. The van der Waals surface area contributed by atoms with Crippen molar-refractivity contribution in [2.24, 2.45) is 0 Å². The standard InChI is InChI=1S/C22H23ClFN3O3/c1-15(28)26-13-19-14-27(22(29)30-19)18-7-8-20(21(24)11-18)17-5-3-16(4-6-17)12-25-10-2-9-23/h2-9,11,19,25H,10,12-14H2,1H3,(H,26,28)/b9-2+. The summed E-state index contributed by atoms with van der Waals surface area (Å²) in [5.74, 6) is -0.627. The molecule has 0 aromatic heterocycles. The summed E-state index contributed by atoms with van der Waals surface area (Å²) in [4.78, 5) is 24.5. The van der Waals surface area contributed by atoms with Gasteiger partial charge < -0.3 is 15.4 Å². The molecule has 2 amide bonds. The van der Waals surface area contributed by atoms with Gasteiger partial charge in [-0.15, -0.1) is 0 Å². The summed E-state index contributed by atoms with van der Waals surface area (Å²) in [6.45, 7) is 3.22. The predicted molar refractivity (Wildman–Crippen MR) is 115 cm³/mol. The molecule has 2 aromatic rings. The zero-order chi connectivity index (χ0) is 21.5. The molecule has 0 radical (unpaired) electrons. The van der Waals surface area contributed by atoms with Crippen LogP contribution < -0.4 is 15.5 Å². The van der Waals surface area contributed by atoms with E-state index in [9.17, 15) is 14.0 Å². The number of halogens is 2. The van der Waals surface area contributed by atoms with Gasteiger partial charge in [0.2, 0.25) is 5.91 Å². The zero-order valence-electron chi connectivity index (χ0n) is 16.5. The summed E-state index contributed by atoms with van der Waals surface area (Å²) in [5.41, 5.74) is 4.15. The van der Waals surface area contributed by atoms with E-state index in [0.717, 1.165) is 11.1 Å². The molecule has 8 heteroatoms. The van der Waals surface area contributed by atoms with Crippen molar-refractivity contribution in [3.05, 3.63) is 65.5 Å². The average molecular weight is 432 g/mol. The van der Waals surface area contributed by atoms with Crippen LogP contribution in [0.1, 0.15) is 12.5 Å².